The summed E-state index contributed by atoms with van der Waals surface area (Å²) in [5, 5.41) is 91.4. The maximum Gasteiger partial charge on any atom is 0.317 e. The lowest BCUT2D eigenvalue weighted by atomic mass is 9.72. The number of aliphatic carboxylic acids is 1. The summed E-state index contributed by atoms with van der Waals surface area (Å²) < 4.78 is 22.7. The molecule has 13 atom stereocenters. The van der Waals surface area contributed by atoms with Crippen LogP contribution in [0.5, 0.6) is 0 Å². The van der Waals surface area contributed by atoms with Gasteiger partial charge in [-0.15, -0.1) is 0 Å². The van der Waals surface area contributed by atoms with Crippen LogP contribution in [-0.2, 0) is 28.5 Å². The fourth-order valence-corrected chi connectivity index (χ4v) is 6.15. The topological polar surface area (TPSA) is 253 Å². The zero-order valence-corrected chi connectivity index (χ0v) is 21.1. The van der Waals surface area contributed by atoms with E-state index in [1.807, 2.05) is 0 Å². The first-order chi connectivity index (χ1) is 18.3. The summed E-state index contributed by atoms with van der Waals surface area (Å²) in [7, 11) is 0. The quantitative estimate of drug-likeness (QED) is 0.105. The number of esters is 1. The largest absolute Gasteiger partial charge is 0.481 e. The van der Waals surface area contributed by atoms with Crippen LogP contribution in [-0.4, -0.2) is 144 Å². The van der Waals surface area contributed by atoms with Crippen molar-refractivity contribution in [1.82, 2.24) is 0 Å². The molecule has 0 spiro atoms. The molecule has 15 heteroatoms. The molecule has 4 aliphatic rings. The Hall–Kier alpha value is -1.50. The minimum Gasteiger partial charge on any atom is -0.481 e. The van der Waals surface area contributed by atoms with Crippen molar-refractivity contribution >= 4 is 11.9 Å². The van der Waals surface area contributed by atoms with Crippen LogP contribution >= 0.6 is 0 Å². The second kappa shape index (κ2) is 12.6. The predicted molar refractivity (Wildman–Crippen MR) is 124 cm³/mol. The van der Waals surface area contributed by atoms with Gasteiger partial charge in [-0.05, 0) is 38.0 Å². The lowest BCUT2D eigenvalue weighted by molar-refractivity contribution is -0.334. The maximum absolute atomic E-state index is 11.6. The molecule has 0 amide bonds. The SMILES string of the molecule is O=C(O)CC(=O)OC[C@@H]1O[C@H](OC2CC3C(O)CC(O)CC3OC2C2CC(O)C(O)C(O)C2)[C@@H](O)[C@H](O)[C@H]1O. The molecule has 224 valence electrons. The Morgan fingerprint density at radius 1 is 0.744 bits per heavy atom. The van der Waals surface area contributed by atoms with Crippen molar-refractivity contribution in [3.05, 3.63) is 0 Å². The summed E-state index contributed by atoms with van der Waals surface area (Å²) in [5.41, 5.74) is 0. The number of hydrogen-bond donors (Lipinski definition) is 9. The minimum atomic E-state index is -1.79. The van der Waals surface area contributed by atoms with Crippen molar-refractivity contribution in [3.63, 3.8) is 0 Å². The van der Waals surface area contributed by atoms with Gasteiger partial charge in [0.2, 0.25) is 0 Å². The molecule has 2 heterocycles. The summed E-state index contributed by atoms with van der Waals surface area (Å²) in [4.78, 5) is 22.3. The van der Waals surface area contributed by atoms with Crippen LogP contribution in [0.1, 0.15) is 38.5 Å². The molecule has 2 saturated heterocycles. The third-order valence-electron chi connectivity index (χ3n) is 8.22. The highest BCUT2D eigenvalue weighted by molar-refractivity contribution is 5.90. The Kier molecular flexibility index (Phi) is 9.81. The normalized spacial score (nSPS) is 48.7. The highest BCUT2D eigenvalue weighted by atomic mass is 16.7. The van der Waals surface area contributed by atoms with Crippen molar-refractivity contribution in [1.29, 1.82) is 0 Å². The zero-order chi connectivity index (χ0) is 28.6. The zero-order valence-electron chi connectivity index (χ0n) is 21.1. The number of carboxylic acid groups (broad SMARTS) is 1. The number of rotatable bonds is 7. The first kappa shape index (κ1) is 30.5. The van der Waals surface area contributed by atoms with Crippen LogP contribution < -0.4 is 0 Å². The van der Waals surface area contributed by atoms with Crippen LogP contribution in [0, 0.1) is 11.8 Å². The van der Waals surface area contributed by atoms with Crippen molar-refractivity contribution < 1.29 is 74.5 Å². The molecule has 2 aliphatic heterocycles. The molecule has 0 aromatic heterocycles. The number of carboxylic acids is 1. The molecule has 9 N–H and O–H groups in total. The number of carbonyl (C=O) groups excluding carboxylic acids is 1. The van der Waals surface area contributed by atoms with Crippen LogP contribution in [0.3, 0.4) is 0 Å². The van der Waals surface area contributed by atoms with E-state index in [4.69, 9.17) is 24.1 Å². The summed E-state index contributed by atoms with van der Waals surface area (Å²) in [6.07, 6.45) is -16.4. The van der Waals surface area contributed by atoms with E-state index < -0.39 is 116 Å². The van der Waals surface area contributed by atoms with Crippen LogP contribution in [0.25, 0.3) is 0 Å². The molecule has 4 rings (SSSR count). The van der Waals surface area contributed by atoms with E-state index in [1.54, 1.807) is 0 Å². The average Bonchev–Trinajstić information content (AvgIpc) is 2.86. The van der Waals surface area contributed by atoms with E-state index in [0.717, 1.165) is 0 Å². The van der Waals surface area contributed by atoms with E-state index in [0.29, 0.717) is 0 Å². The number of aliphatic hydroxyl groups is 8. The maximum atomic E-state index is 11.6. The molecule has 39 heavy (non-hydrogen) atoms. The number of carbonyl (C=O) groups is 2. The molecule has 15 nitrogen and oxygen atoms in total. The fraction of sp³-hybridized carbons (Fsp3) is 0.917. The Morgan fingerprint density at radius 2 is 1.41 bits per heavy atom. The van der Waals surface area contributed by atoms with E-state index in [-0.39, 0.29) is 32.1 Å². The van der Waals surface area contributed by atoms with E-state index >= 15 is 0 Å². The summed E-state index contributed by atoms with van der Waals surface area (Å²) >= 11 is 0. The first-order valence-electron chi connectivity index (χ1n) is 13.1. The van der Waals surface area contributed by atoms with Gasteiger partial charge in [-0.1, -0.05) is 0 Å². The number of ether oxygens (including phenoxy) is 4. The van der Waals surface area contributed by atoms with Crippen LogP contribution in [0.4, 0.5) is 0 Å². The third kappa shape index (κ3) is 6.87. The van der Waals surface area contributed by atoms with Gasteiger partial charge < -0.3 is 64.9 Å². The molecule has 0 aromatic rings. The molecule has 0 bridgehead atoms. The fourth-order valence-electron chi connectivity index (χ4n) is 6.15. The standard InChI is InChI=1S/C24H38O15/c25-9-3-11(26)10-5-15(23(37-14(10)4-9)8-1-12(27)19(32)13(28)2-8)38-24-22(35)21(34)20(33)16(39-24)7-36-18(31)6-17(29)30/h8-16,19-28,32-35H,1-7H2,(H,29,30)/t8?,9?,10?,11?,12?,13?,14?,15?,16-,19?,20-,21+,22-,23?,24-/m0/s1. The first-order valence-corrected chi connectivity index (χ1v) is 13.1. The molecule has 2 aliphatic carbocycles. The highest BCUT2D eigenvalue weighted by Gasteiger charge is 2.52. The highest BCUT2D eigenvalue weighted by Crippen LogP contribution is 2.43. The van der Waals surface area contributed by atoms with Gasteiger partial charge in [0.25, 0.3) is 0 Å². The van der Waals surface area contributed by atoms with Crippen molar-refractivity contribution in [2.45, 2.75) is 118 Å². The predicted octanol–water partition coefficient (Wildman–Crippen LogP) is -4.02. The second-order valence-electron chi connectivity index (χ2n) is 11.0. The monoisotopic (exact) mass is 566 g/mol. The van der Waals surface area contributed by atoms with Crippen LogP contribution in [0.15, 0.2) is 0 Å². The Labute approximate surface area is 223 Å². The summed E-state index contributed by atoms with van der Waals surface area (Å²) in [6.45, 7) is -0.637. The second-order valence-corrected chi connectivity index (χ2v) is 11.0. The molecule has 4 fully saturated rings. The van der Waals surface area contributed by atoms with E-state index in [2.05, 4.69) is 0 Å². The van der Waals surface area contributed by atoms with Gasteiger partial charge >= 0.3 is 11.9 Å². The lowest BCUT2D eigenvalue weighted by Gasteiger charge is -2.51. The Bertz CT molecular complexity index is 845. The van der Waals surface area contributed by atoms with Crippen molar-refractivity contribution in [3.8, 4) is 0 Å². The molecule has 0 aromatic carbocycles. The van der Waals surface area contributed by atoms with Gasteiger partial charge in [0.15, 0.2) is 6.29 Å². The average molecular weight is 567 g/mol. The molecule has 2 saturated carbocycles. The van der Waals surface area contributed by atoms with Gasteiger partial charge in [-0.2, -0.15) is 0 Å². The van der Waals surface area contributed by atoms with Gasteiger partial charge in [0.1, 0.15) is 43.5 Å². The third-order valence-corrected chi connectivity index (χ3v) is 8.22. The van der Waals surface area contributed by atoms with E-state index in [1.165, 1.54) is 0 Å². The smallest absolute Gasteiger partial charge is 0.317 e. The minimum absolute atomic E-state index is 0.0445. The van der Waals surface area contributed by atoms with Crippen LogP contribution in [0.2, 0.25) is 0 Å². The molecule has 0 radical (unpaired) electrons. The number of aliphatic hydroxyl groups excluding tert-OH is 8. The number of fused-ring (bicyclic) bond motifs is 1. The Morgan fingerprint density at radius 3 is 2.05 bits per heavy atom. The van der Waals surface area contributed by atoms with Gasteiger partial charge in [0.05, 0.1) is 42.7 Å². The van der Waals surface area contributed by atoms with Crippen molar-refractivity contribution in [2.75, 3.05) is 6.61 Å². The number of hydrogen-bond acceptors (Lipinski definition) is 14. The van der Waals surface area contributed by atoms with Gasteiger partial charge in [-0.3, -0.25) is 9.59 Å². The lowest BCUT2D eigenvalue weighted by Crippen LogP contribution is -2.62. The molecule has 8 unspecified atom stereocenters. The van der Waals surface area contributed by atoms with Gasteiger partial charge in [-0.25, -0.2) is 0 Å². The summed E-state index contributed by atoms with van der Waals surface area (Å²) in [5.74, 6) is -3.54. The van der Waals surface area contributed by atoms with Crippen molar-refractivity contribution in [2.24, 2.45) is 11.8 Å². The van der Waals surface area contributed by atoms with E-state index in [9.17, 15) is 50.4 Å². The summed E-state index contributed by atoms with van der Waals surface area (Å²) in [6, 6.07) is 0. The van der Waals surface area contributed by atoms with Gasteiger partial charge in [0, 0.05) is 5.92 Å². The molecular weight excluding hydrogens is 528 g/mol. The molecular formula is C24H38O15. The Balaban J connectivity index is 1.51.